The highest BCUT2D eigenvalue weighted by atomic mass is 16.5. The SMILES string of the molecule is CCOc1cccc(NC2CCC(C)CC2C)n1. The highest BCUT2D eigenvalue weighted by Gasteiger charge is 2.25. The van der Waals surface area contributed by atoms with Crippen LogP contribution in [-0.2, 0) is 0 Å². The van der Waals surface area contributed by atoms with Crippen molar-refractivity contribution in [3.8, 4) is 5.88 Å². The molecule has 1 heterocycles. The Bertz CT molecular complexity index is 381. The minimum absolute atomic E-state index is 0.547. The molecule has 1 saturated carbocycles. The highest BCUT2D eigenvalue weighted by Crippen LogP contribution is 2.30. The lowest BCUT2D eigenvalue weighted by Gasteiger charge is -2.33. The fourth-order valence-corrected chi connectivity index (χ4v) is 2.79. The number of rotatable bonds is 4. The van der Waals surface area contributed by atoms with E-state index in [1.54, 1.807) is 0 Å². The van der Waals surface area contributed by atoms with E-state index in [0.717, 1.165) is 11.7 Å². The molecule has 3 atom stereocenters. The number of hydrogen-bond donors (Lipinski definition) is 1. The number of pyridine rings is 1. The number of anilines is 1. The minimum Gasteiger partial charge on any atom is -0.478 e. The molecule has 1 aromatic rings. The molecule has 0 saturated heterocycles. The Balaban J connectivity index is 1.98. The van der Waals surface area contributed by atoms with Crippen molar-refractivity contribution >= 4 is 5.82 Å². The van der Waals surface area contributed by atoms with Crippen molar-refractivity contribution in [2.24, 2.45) is 11.8 Å². The van der Waals surface area contributed by atoms with Crippen molar-refractivity contribution in [1.29, 1.82) is 0 Å². The van der Waals surface area contributed by atoms with E-state index >= 15 is 0 Å². The molecule has 1 aliphatic rings. The van der Waals surface area contributed by atoms with E-state index in [1.165, 1.54) is 19.3 Å². The Kier molecular flexibility index (Phi) is 4.45. The van der Waals surface area contributed by atoms with Crippen LogP contribution in [-0.4, -0.2) is 17.6 Å². The van der Waals surface area contributed by atoms with Crippen LogP contribution in [0.1, 0.15) is 40.0 Å². The quantitative estimate of drug-likeness (QED) is 0.882. The summed E-state index contributed by atoms with van der Waals surface area (Å²) in [5.41, 5.74) is 0. The molecule has 3 heteroatoms. The largest absolute Gasteiger partial charge is 0.478 e. The van der Waals surface area contributed by atoms with E-state index in [0.29, 0.717) is 24.4 Å². The van der Waals surface area contributed by atoms with Crippen LogP contribution in [0.2, 0.25) is 0 Å². The number of hydrogen-bond acceptors (Lipinski definition) is 3. The van der Waals surface area contributed by atoms with Gasteiger partial charge in [-0.3, -0.25) is 0 Å². The maximum Gasteiger partial charge on any atom is 0.215 e. The molecule has 1 aromatic heterocycles. The molecule has 0 aliphatic heterocycles. The lowest BCUT2D eigenvalue weighted by Crippen LogP contribution is -2.33. The fourth-order valence-electron chi connectivity index (χ4n) is 2.79. The van der Waals surface area contributed by atoms with Gasteiger partial charge in [0.1, 0.15) is 5.82 Å². The molecule has 0 aromatic carbocycles. The summed E-state index contributed by atoms with van der Waals surface area (Å²) in [4.78, 5) is 4.48. The van der Waals surface area contributed by atoms with Gasteiger partial charge in [0.25, 0.3) is 0 Å². The van der Waals surface area contributed by atoms with Gasteiger partial charge in [-0.1, -0.05) is 19.9 Å². The van der Waals surface area contributed by atoms with E-state index < -0.39 is 0 Å². The Hall–Kier alpha value is -1.25. The van der Waals surface area contributed by atoms with Gasteiger partial charge in [0, 0.05) is 12.1 Å². The van der Waals surface area contributed by atoms with Gasteiger partial charge in [0.05, 0.1) is 6.61 Å². The summed E-state index contributed by atoms with van der Waals surface area (Å²) in [5.74, 6) is 3.22. The summed E-state index contributed by atoms with van der Waals surface area (Å²) in [6.45, 7) is 7.32. The van der Waals surface area contributed by atoms with Crippen molar-refractivity contribution in [3.05, 3.63) is 18.2 Å². The average molecular weight is 248 g/mol. The molecule has 0 radical (unpaired) electrons. The third kappa shape index (κ3) is 3.37. The molecule has 1 fully saturated rings. The highest BCUT2D eigenvalue weighted by molar-refractivity contribution is 5.38. The zero-order chi connectivity index (χ0) is 13.0. The molecule has 0 spiro atoms. The average Bonchev–Trinajstić information content (AvgIpc) is 2.34. The number of ether oxygens (including phenoxy) is 1. The molecule has 2 rings (SSSR count). The van der Waals surface area contributed by atoms with E-state index in [4.69, 9.17) is 4.74 Å². The zero-order valence-corrected chi connectivity index (χ0v) is 11.6. The van der Waals surface area contributed by atoms with Gasteiger partial charge in [-0.2, -0.15) is 4.98 Å². The molecular formula is C15H24N2O. The monoisotopic (exact) mass is 248 g/mol. The molecule has 100 valence electrons. The standard InChI is InChI=1S/C15H24N2O/c1-4-18-15-7-5-6-14(17-15)16-13-9-8-11(2)10-12(13)3/h5-7,11-13H,4,8-10H2,1-3H3,(H,16,17). The van der Waals surface area contributed by atoms with Crippen LogP contribution in [0.5, 0.6) is 5.88 Å². The topological polar surface area (TPSA) is 34.1 Å². The first-order valence-electron chi connectivity index (χ1n) is 7.05. The molecule has 0 bridgehead atoms. The lowest BCUT2D eigenvalue weighted by atomic mass is 9.80. The van der Waals surface area contributed by atoms with E-state index in [1.807, 2.05) is 25.1 Å². The third-order valence-electron chi connectivity index (χ3n) is 3.78. The Labute approximate surface area is 110 Å². The van der Waals surface area contributed by atoms with Crippen LogP contribution in [0.25, 0.3) is 0 Å². The molecular weight excluding hydrogens is 224 g/mol. The fraction of sp³-hybridized carbons (Fsp3) is 0.667. The van der Waals surface area contributed by atoms with Gasteiger partial charge >= 0.3 is 0 Å². The van der Waals surface area contributed by atoms with Gasteiger partial charge in [-0.05, 0) is 44.1 Å². The summed E-state index contributed by atoms with van der Waals surface area (Å²) in [6.07, 6.45) is 3.86. The van der Waals surface area contributed by atoms with Gasteiger partial charge < -0.3 is 10.1 Å². The third-order valence-corrected chi connectivity index (χ3v) is 3.78. The predicted octanol–water partition coefficient (Wildman–Crippen LogP) is 3.72. The van der Waals surface area contributed by atoms with Crippen molar-refractivity contribution in [1.82, 2.24) is 4.98 Å². The maximum absolute atomic E-state index is 5.43. The Morgan fingerprint density at radius 3 is 2.89 bits per heavy atom. The first kappa shape index (κ1) is 13.2. The van der Waals surface area contributed by atoms with Crippen molar-refractivity contribution in [2.75, 3.05) is 11.9 Å². The second kappa shape index (κ2) is 6.07. The molecule has 18 heavy (non-hydrogen) atoms. The van der Waals surface area contributed by atoms with E-state index in [2.05, 4.69) is 24.1 Å². The zero-order valence-electron chi connectivity index (χ0n) is 11.6. The second-order valence-corrected chi connectivity index (χ2v) is 5.44. The minimum atomic E-state index is 0.547. The van der Waals surface area contributed by atoms with E-state index in [9.17, 15) is 0 Å². The van der Waals surface area contributed by atoms with Crippen LogP contribution in [0, 0.1) is 11.8 Å². The van der Waals surface area contributed by atoms with Crippen molar-refractivity contribution in [3.63, 3.8) is 0 Å². The predicted molar refractivity (Wildman–Crippen MR) is 75.0 cm³/mol. The van der Waals surface area contributed by atoms with Crippen LogP contribution >= 0.6 is 0 Å². The van der Waals surface area contributed by atoms with E-state index in [-0.39, 0.29) is 0 Å². The molecule has 0 amide bonds. The smallest absolute Gasteiger partial charge is 0.215 e. The molecule has 1 aliphatic carbocycles. The summed E-state index contributed by atoms with van der Waals surface area (Å²) in [6, 6.07) is 6.47. The molecule has 3 unspecified atom stereocenters. The van der Waals surface area contributed by atoms with Crippen LogP contribution in [0.3, 0.4) is 0 Å². The summed E-state index contributed by atoms with van der Waals surface area (Å²) >= 11 is 0. The molecule has 3 nitrogen and oxygen atoms in total. The second-order valence-electron chi connectivity index (χ2n) is 5.44. The maximum atomic E-state index is 5.43. The lowest BCUT2D eigenvalue weighted by molar-refractivity contribution is 0.276. The van der Waals surface area contributed by atoms with Crippen molar-refractivity contribution in [2.45, 2.75) is 46.1 Å². The van der Waals surface area contributed by atoms with Crippen LogP contribution < -0.4 is 10.1 Å². The Morgan fingerprint density at radius 1 is 1.33 bits per heavy atom. The molecule has 1 N–H and O–H groups in total. The first-order chi connectivity index (χ1) is 8.69. The summed E-state index contributed by atoms with van der Waals surface area (Å²) < 4.78 is 5.43. The Morgan fingerprint density at radius 2 is 2.17 bits per heavy atom. The normalized spacial score (nSPS) is 27.8. The first-order valence-corrected chi connectivity index (χ1v) is 7.05. The van der Waals surface area contributed by atoms with Gasteiger partial charge in [-0.25, -0.2) is 0 Å². The summed E-state index contributed by atoms with van der Waals surface area (Å²) in [5, 5.41) is 3.56. The van der Waals surface area contributed by atoms with Crippen LogP contribution in [0.4, 0.5) is 5.82 Å². The van der Waals surface area contributed by atoms with Gasteiger partial charge in [0.15, 0.2) is 0 Å². The summed E-state index contributed by atoms with van der Waals surface area (Å²) in [7, 11) is 0. The van der Waals surface area contributed by atoms with Gasteiger partial charge in [0.2, 0.25) is 5.88 Å². The van der Waals surface area contributed by atoms with Crippen LogP contribution in [0.15, 0.2) is 18.2 Å². The van der Waals surface area contributed by atoms with Crippen molar-refractivity contribution < 1.29 is 4.74 Å². The number of nitrogens with one attached hydrogen (secondary N) is 1. The number of nitrogens with zero attached hydrogens (tertiary/aromatic N) is 1. The van der Waals surface area contributed by atoms with Gasteiger partial charge in [-0.15, -0.1) is 0 Å². The number of aromatic nitrogens is 1.